The molecule has 94 valence electrons. The molecular weight excluding hydrogens is 212 g/mol. The number of hydrogen-bond acceptors (Lipinski definition) is 4. The van der Waals surface area contributed by atoms with Gasteiger partial charge in [-0.1, -0.05) is 0 Å². The fourth-order valence-electron chi connectivity index (χ4n) is 2.49. The summed E-state index contributed by atoms with van der Waals surface area (Å²) in [5, 5.41) is 3.35. The predicted molar refractivity (Wildman–Crippen MR) is 70.3 cm³/mol. The van der Waals surface area contributed by atoms with Crippen LogP contribution in [0.2, 0.25) is 0 Å². The first-order valence-corrected chi connectivity index (χ1v) is 6.46. The van der Waals surface area contributed by atoms with Crippen LogP contribution in [0.4, 0.5) is 5.95 Å². The van der Waals surface area contributed by atoms with Crippen LogP contribution in [0.25, 0.3) is 0 Å². The van der Waals surface area contributed by atoms with Crippen LogP contribution < -0.4 is 10.2 Å². The van der Waals surface area contributed by atoms with Gasteiger partial charge in [-0.05, 0) is 46.2 Å². The summed E-state index contributed by atoms with van der Waals surface area (Å²) >= 11 is 0. The number of nitrogens with one attached hydrogen (secondary N) is 1. The molecule has 0 radical (unpaired) electrons. The quantitative estimate of drug-likeness (QED) is 0.865. The van der Waals surface area contributed by atoms with Gasteiger partial charge in [0.25, 0.3) is 0 Å². The molecule has 17 heavy (non-hydrogen) atoms. The number of aromatic nitrogens is 2. The SMILES string of the molecule is CNC(C)C1CCCCN1c1nccc(C)n1. The van der Waals surface area contributed by atoms with Crippen LogP contribution >= 0.6 is 0 Å². The minimum atomic E-state index is 0.472. The molecule has 2 heterocycles. The molecule has 0 aromatic carbocycles. The van der Waals surface area contributed by atoms with Crippen molar-refractivity contribution in [3.63, 3.8) is 0 Å². The maximum Gasteiger partial charge on any atom is 0.225 e. The van der Waals surface area contributed by atoms with Gasteiger partial charge < -0.3 is 10.2 Å². The first kappa shape index (κ1) is 12.3. The van der Waals surface area contributed by atoms with E-state index in [1.807, 2.05) is 26.2 Å². The van der Waals surface area contributed by atoms with Gasteiger partial charge in [0.15, 0.2) is 0 Å². The monoisotopic (exact) mass is 234 g/mol. The molecule has 1 saturated heterocycles. The van der Waals surface area contributed by atoms with Gasteiger partial charge in [0.1, 0.15) is 0 Å². The van der Waals surface area contributed by atoms with E-state index in [0.29, 0.717) is 12.1 Å². The van der Waals surface area contributed by atoms with Gasteiger partial charge in [0.05, 0.1) is 0 Å². The summed E-state index contributed by atoms with van der Waals surface area (Å²) in [4.78, 5) is 11.3. The topological polar surface area (TPSA) is 41.0 Å². The molecule has 2 rings (SSSR count). The lowest BCUT2D eigenvalue weighted by Crippen LogP contribution is -2.51. The molecule has 0 aliphatic carbocycles. The Balaban J connectivity index is 2.21. The molecule has 4 nitrogen and oxygen atoms in total. The zero-order valence-corrected chi connectivity index (χ0v) is 11.0. The molecule has 1 N–H and O–H groups in total. The van der Waals surface area contributed by atoms with Crippen molar-refractivity contribution in [3.05, 3.63) is 18.0 Å². The molecule has 0 bridgehead atoms. The third-order valence-electron chi connectivity index (χ3n) is 3.62. The van der Waals surface area contributed by atoms with E-state index in [0.717, 1.165) is 18.2 Å². The number of piperidine rings is 1. The molecule has 0 saturated carbocycles. The highest BCUT2D eigenvalue weighted by atomic mass is 15.3. The van der Waals surface area contributed by atoms with Crippen LogP contribution in [0.3, 0.4) is 0 Å². The van der Waals surface area contributed by atoms with Crippen molar-refractivity contribution in [1.29, 1.82) is 0 Å². The highest BCUT2D eigenvalue weighted by Gasteiger charge is 2.28. The number of nitrogens with zero attached hydrogens (tertiary/aromatic N) is 3. The summed E-state index contributed by atoms with van der Waals surface area (Å²) in [6.07, 6.45) is 5.62. The van der Waals surface area contributed by atoms with Crippen molar-refractivity contribution in [2.75, 3.05) is 18.5 Å². The molecule has 1 aromatic rings. The van der Waals surface area contributed by atoms with E-state index in [9.17, 15) is 0 Å². The molecule has 0 spiro atoms. The number of hydrogen-bond donors (Lipinski definition) is 1. The van der Waals surface area contributed by atoms with Gasteiger partial charge in [-0.15, -0.1) is 0 Å². The second kappa shape index (κ2) is 5.45. The number of anilines is 1. The Bertz CT molecular complexity index is 366. The lowest BCUT2D eigenvalue weighted by Gasteiger charge is -2.39. The van der Waals surface area contributed by atoms with Crippen molar-refractivity contribution in [1.82, 2.24) is 15.3 Å². The third kappa shape index (κ3) is 2.75. The molecule has 1 aliphatic heterocycles. The summed E-state index contributed by atoms with van der Waals surface area (Å²) < 4.78 is 0. The summed E-state index contributed by atoms with van der Waals surface area (Å²) in [6, 6.07) is 2.93. The fourth-order valence-corrected chi connectivity index (χ4v) is 2.49. The zero-order valence-electron chi connectivity index (χ0n) is 11.0. The largest absolute Gasteiger partial charge is 0.336 e. The normalized spacial score (nSPS) is 22.5. The van der Waals surface area contributed by atoms with Crippen molar-refractivity contribution < 1.29 is 0 Å². The Morgan fingerprint density at radius 1 is 1.47 bits per heavy atom. The Kier molecular flexibility index (Phi) is 3.94. The van der Waals surface area contributed by atoms with E-state index in [2.05, 4.69) is 27.1 Å². The average molecular weight is 234 g/mol. The summed E-state index contributed by atoms with van der Waals surface area (Å²) in [5.41, 5.74) is 1.04. The Morgan fingerprint density at radius 2 is 2.29 bits per heavy atom. The van der Waals surface area contributed by atoms with E-state index >= 15 is 0 Å². The molecular formula is C13H22N4. The van der Waals surface area contributed by atoms with E-state index < -0.39 is 0 Å². The lowest BCUT2D eigenvalue weighted by atomic mass is 9.97. The van der Waals surface area contributed by atoms with Crippen LogP contribution in [0.5, 0.6) is 0 Å². The van der Waals surface area contributed by atoms with E-state index in [4.69, 9.17) is 0 Å². The maximum absolute atomic E-state index is 4.55. The van der Waals surface area contributed by atoms with Crippen molar-refractivity contribution in [2.45, 2.75) is 45.2 Å². The number of aryl methyl sites for hydroxylation is 1. The molecule has 1 fully saturated rings. The molecule has 1 aliphatic rings. The molecule has 1 aromatic heterocycles. The van der Waals surface area contributed by atoms with E-state index in [-0.39, 0.29) is 0 Å². The second-order valence-electron chi connectivity index (χ2n) is 4.83. The van der Waals surface area contributed by atoms with Gasteiger partial charge >= 0.3 is 0 Å². The first-order chi connectivity index (χ1) is 8.22. The van der Waals surface area contributed by atoms with Crippen LogP contribution in [-0.2, 0) is 0 Å². The Hall–Kier alpha value is -1.16. The van der Waals surface area contributed by atoms with E-state index in [1.165, 1.54) is 19.3 Å². The summed E-state index contributed by atoms with van der Waals surface area (Å²) in [7, 11) is 2.02. The third-order valence-corrected chi connectivity index (χ3v) is 3.62. The smallest absolute Gasteiger partial charge is 0.225 e. The maximum atomic E-state index is 4.55. The van der Waals surface area contributed by atoms with Crippen LogP contribution in [0.15, 0.2) is 12.3 Å². The second-order valence-corrected chi connectivity index (χ2v) is 4.83. The van der Waals surface area contributed by atoms with Gasteiger partial charge in [0, 0.05) is 30.5 Å². The van der Waals surface area contributed by atoms with Gasteiger partial charge in [-0.3, -0.25) is 0 Å². The van der Waals surface area contributed by atoms with E-state index in [1.54, 1.807) is 0 Å². The zero-order chi connectivity index (χ0) is 12.3. The fraction of sp³-hybridized carbons (Fsp3) is 0.692. The standard InChI is InChI=1S/C13H22N4/c1-10-7-8-15-13(16-10)17-9-5-4-6-12(17)11(2)14-3/h7-8,11-12,14H,4-6,9H2,1-3H3. The minimum absolute atomic E-state index is 0.472. The Morgan fingerprint density at radius 3 is 3.00 bits per heavy atom. The minimum Gasteiger partial charge on any atom is -0.336 e. The van der Waals surface area contributed by atoms with Crippen molar-refractivity contribution in [3.8, 4) is 0 Å². The number of rotatable bonds is 3. The first-order valence-electron chi connectivity index (χ1n) is 6.46. The predicted octanol–water partition coefficient (Wildman–Crippen LogP) is 1.75. The average Bonchev–Trinajstić information content (AvgIpc) is 2.38. The lowest BCUT2D eigenvalue weighted by molar-refractivity contribution is 0.377. The van der Waals surface area contributed by atoms with Crippen molar-refractivity contribution in [2.24, 2.45) is 0 Å². The molecule has 2 atom stereocenters. The van der Waals surface area contributed by atoms with Gasteiger partial charge in [0.2, 0.25) is 5.95 Å². The molecule has 0 amide bonds. The summed E-state index contributed by atoms with van der Waals surface area (Å²) in [6.45, 7) is 5.32. The van der Waals surface area contributed by atoms with Crippen molar-refractivity contribution >= 4 is 5.95 Å². The van der Waals surface area contributed by atoms with Gasteiger partial charge in [-0.2, -0.15) is 0 Å². The Labute approximate surface area is 103 Å². The van der Waals surface area contributed by atoms with Crippen LogP contribution in [-0.4, -0.2) is 35.6 Å². The van der Waals surface area contributed by atoms with Crippen LogP contribution in [0, 0.1) is 6.92 Å². The molecule has 4 heteroatoms. The number of likely N-dealkylation sites (N-methyl/N-ethyl adjacent to an activating group) is 1. The van der Waals surface area contributed by atoms with Gasteiger partial charge in [-0.25, -0.2) is 9.97 Å². The highest BCUT2D eigenvalue weighted by Crippen LogP contribution is 2.23. The highest BCUT2D eigenvalue weighted by molar-refractivity contribution is 5.33. The summed E-state index contributed by atoms with van der Waals surface area (Å²) in [5.74, 6) is 0.886. The van der Waals surface area contributed by atoms with Crippen LogP contribution in [0.1, 0.15) is 31.9 Å². The molecule has 2 unspecified atom stereocenters.